The predicted octanol–water partition coefficient (Wildman–Crippen LogP) is 3.10. The van der Waals surface area contributed by atoms with Gasteiger partial charge in [0.25, 0.3) is 11.5 Å². The van der Waals surface area contributed by atoms with Crippen molar-refractivity contribution in [1.82, 2.24) is 14.4 Å². The molecule has 4 rings (SSSR count). The van der Waals surface area contributed by atoms with Crippen LogP contribution in [0.3, 0.4) is 0 Å². The van der Waals surface area contributed by atoms with Crippen molar-refractivity contribution >= 4 is 28.8 Å². The molecule has 1 N–H and O–H groups in total. The molecule has 0 fully saturated rings. The molecule has 0 aliphatic heterocycles. The summed E-state index contributed by atoms with van der Waals surface area (Å²) in [5, 5.41) is 11.7. The largest absolute Gasteiger partial charge is 0.477 e. The smallest absolute Gasteiger partial charge is 0.354 e. The van der Waals surface area contributed by atoms with Crippen LogP contribution in [0.4, 0.5) is 0 Å². The van der Waals surface area contributed by atoms with Crippen LogP contribution in [0.15, 0.2) is 66.1 Å². The number of rotatable bonds is 3. The van der Waals surface area contributed by atoms with Crippen molar-refractivity contribution in [2.75, 3.05) is 0 Å². The lowest BCUT2D eigenvalue weighted by Gasteiger charge is -2.10. The van der Waals surface area contributed by atoms with Crippen LogP contribution < -0.4 is 10.1 Å². The molecule has 0 bridgehead atoms. The van der Waals surface area contributed by atoms with E-state index in [4.69, 9.17) is 23.2 Å². The van der Waals surface area contributed by atoms with Gasteiger partial charge in [-0.05, 0) is 24.3 Å². The third-order valence-electron chi connectivity index (χ3n) is 4.13. The monoisotopic (exact) mass is 399 g/mol. The van der Waals surface area contributed by atoms with Crippen molar-refractivity contribution in [3.8, 4) is 17.0 Å². The van der Waals surface area contributed by atoms with E-state index in [1.807, 2.05) is 0 Å². The molecule has 0 amide bonds. The van der Waals surface area contributed by atoms with Gasteiger partial charge in [-0.3, -0.25) is 0 Å². The van der Waals surface area contributed by atoms with E-state index in [9.17, 15) is 9.90 Å². The van der Waals surface area contributed by atoms with Crippen LogP contribution in [-0.2, 0) is 6.54 Å². The van der Waals surface area contributed by atoms with E-state index in [-0.39, 0.29) is 23.5 Å². The predicted molar refractivity (Wildman–Crippen MR) is 102 cm³/mol. The van der Waals surface area contributed by atoms with Gasteiger partial charge in [-0.25, -0.2) is 14.8 Å². The SMILES string of the molecule is O=c1c(-c2cc(Cl)cc(Cl)c2)c(O)[n+](Cc2cncnc2)c2ccccn12. The van der Waals surface area contributed by atoms with E-state index in [2.05, 4.69) is 9.97 Å². The third kappa shape index (κ3) is 3.25. The molecule has 6 nitrogen and oxygen atoms in total. The van der Waals surface area contributed by atoms with Crippen molar-refractivity contribution in [3.05, 3.63) is 87.3 Å². The maximum atomic E-state index is 13.1. The summed E-state index contributed by atoms with van der Waals surface area (Å²) in [7, 11) is 0. The number of nitrogens with zero attached hydrogens (tertiary/aromatic N) is 4. The van der Waals surface area contributed by atoms with Gasteiger partial charge in [0.15, 0.2) is 5.56 Å². The Morgan fingerprint density at radius 1 is 1.07 bits per heavy atom. The summed E-state index contributed by atoms with van der Waals surface area (Å²) >= 11 is 12.2. The molecule has 0 aliphatic rings. The zero-order valence-electron chi connectivity index (χ0n) is 13.9. The third-order valence-corrected chi connectivity index (χ3v) is 4.57. The van der Waals surface area contributed by atoms with Gasteiger partial charge in [-0.2, -0.15) is 8.97 Å². The van der Waals surface area contributed by atoms with E-state index in [1.165, 1.54) is 10.7 Å². The van der Waals surface area contributed by atoms with Gasteiger partial charge in [-0.15, -0.1) is 0 Å². The number of hydrogen-bond donors (Lipinski definition) is 1. The van der Waals surface area contributed by atoms with Gasteiger partial charge in [0, 0.05) is 39.6 Å². The second kappa shape index (κ2) is 6.98. The van der Waals surface area contributed by atoms with Crippen molar-refractivity contribution in [2.24, 2.45) is 0 Å². The molecule has 1 aromatic carbocycles. The lowest BCUT2D eigenvalue weighted by atomic mass is 10.1. The van der Waals surface area contributed by atoms with E-state index in [0.29, 0.717) is 21.3 Å². The number of halogens is 2. The van der Waals surface area contributed by atoms with E-state index < -0.39 is 0 Å². The summed E-state index contributed by atoms with van der Waals surface area (Å²) in [4.78, 5) is 21.1. The number of fused-ring (bicyclic) bond motifs is 1. The first-order chi connectivity index (χ1) is 13.0. The Bertz CT molecular complexity index is 1190. The first-order valence-electron chi connectivity index (χ1n) is 8.01. The molecule has 0 aliphatic carbocycles. The Balaban J connectivity index is 2.04. The highest BCUT2D eigenvalue weighted by Crippen LogP contribution is 2.29. The van der Waals surface area contributed by atoms with Crippen LogP contribution in [0.1, 0.15) is 5.56 Å². The number of aromatic nitrogens is 4. The Labute approximate surface area is 163 Å². The first kappa shape index (κ1) is 17.5. The van der Waals surface area contributed by atoms with Crippen LogP contribution in [0.5, 0.6) is 5.88 Å². The molecule has 134 valence electrons. The van der Waals surface area contributed by atoms with Gasteiger partial charge in [-0.1, -0.05) is 29.3 Å². The average Bonchev–Trinajstić information content (AvgIpc) is 2.65. The fraction of sp³-hybridized carbons (Fsp3) is 0.0526. The second-order valence-electron chi connectivity index (χ2n) is 5.92. The quantitative estimate of drug-likeness (QED) is 0.537. The fourth-order valence-corrected chi connectivity index (χ4v) is 3.51. The van der Waals surface area contributed by atoms with Gasteiger partial charge in [0.2, 0.25) is 0 Å². The highest BCUT2D eigenvalue weighted by atomic mass is 35.5. The minimum atomic E-state index is -0.373. The molecular formula is C19H13Cl2N4O2+. The van der Waals surface area contributed by atoms with Crippen LogP contribution >= 0.6 is 23.2 Å². The van der Waals surface area contributed by atoms with Crippen molar-refractivity contribution in [3.63, 3.8) is 0 Å². The summed E-state index contributed by atoms with van der Waals surface area (Å²) in [5.41, 5.74) is 1.48. The zero-order valence-corrected chi connectivity index (χ0v) is 15.4. The summed E-state index contributed by atoms with van der Waals surface area (Å²) < 4.78 is 3.08. The summed E-state index contributed by atoms with van der Waals surface area (Å²) in [6.45, 7) is 0.280. The summed E-state index contributed by atoms with van der Waals surface area (Å²) in [6.07, 6.45) is 6.38. The first-order valence-corrected chi connectivity index (χ1v) is 8.76. The average molecular weight is 400 g/mol. The molecule has 0 spiro atoms. The Morgan fingerprint density at radius 3 is 2.48 bits per heavy atom. The highest BCUT2D eigenvalue weighted by molar-refractivity contribution is 6.35. The molecule has 0 radical (unpaired) electrons. The van der Waals surface area contributed by atoms with Gasteiger partial charge in [0.05, 0.1) is 6.20 Å². The van der Waals surface area contributed by atoms with Crippen molar-refractivity contribution in [1.29, 1.82) is 0 Å². The molecular weight excluding hydrogens is 387 g/mol. The van der Waals surface area contributed by atoms with Crippen LogP contribution in [0.25, 0.3) is 16.8 Å². The zero-order chi connectivity index (χ0) is 19.0. The Hall–Kier alpha value is -2.96. The summed E-state index contributed by atoms with van der Waals surface area (Å²) in [5.74, 6) is -0.187. The Morgan fingerprint density at radius 2 is 1.78 bits per heavy atom. The Kier molecular flexibility index (Phi) is 4.51. The van der Waals surface area contributed by atoms with Crippen LogP contribution in [0, 0.1) is 0 Å². The van der Waals surface area contributed by atoms with Crippen molar-refractivity contribution < 1.29 is 9.67 Å². The molecule has 0 saturated heterocycles. The standard InChI is InChI=1S/C19H12Cl2N4O2/c20-14-5-13(6-15(21)7-14)17-18(26)24-4-2-1-3-16(24)25(19(17)27)10-12-8-22-11-23-9-12/h1-9,11H,10H2/p+1. The highest BCUT2D eigenvalue weighted by Gasteiger charge is 2.25. The van der Waals surface area contributed by atoms with E-state index in [1.54, 1.807) is 59.6 Å². The van der Waals surface area contributed by atoms with Gasteiger partial charge < -0.3 is 5.11 Å². The molecule has 0 unspecified atom stereocenters. The van der Waals surface area contributed by atoms with Crippen LogP contribution in [-0.4, -0.2) is 19.5 Å². The molecule has 3 aromatic heterocycles. The molecule has 3 heterocycles. The molecule has 27 heavy (non-hydrogen) atoms. The summed E-state index contributed by atoms with van der Waals surface area (Å²) in [6, 6.07) is 10.0. The minimum absolute atomic E-state index is 0.111. The minimum Gasteiger partial charge on any atom is -0.477 e. The lowest BCUT2D eigenvalue weighted by Crippen LogP contribution is -2.41. The second-order valence-corrected chi connectivity index (χ2v) is 6.80. The number of benzene rings is 1. The molecule has 0 atom stereocenters. The van der Waals surface area contributed by atoms with Gasteiger partial charge in [0.1, 0.15) is 12.9 Å². The normalized spacial score (nSPS) is 11.0. The maximum Gasteiger partial charge on any atom is 0.354 e. The lowest BCUT2D eigenvalue weighted by molar-refractivity contribution is -0.671. The molecule has 8 heteroatoms. The van der Waals surface area contributed by atoms with Crippen LogP contribution in [0.2, 0.25) is 10.0 Å². The molecule has 4 aromatic rings. The fourth-order valence-electron chi connectivity index (χ4n) is 2.99. The number of pyridine rings is 1. The topological polar surface area (TPSA) is 71.4 Å². The molecule has 0 saturated carbocycles. The van der Waals surface area contributed by atoms with Gasteiger partial charge >= 0.3 is 5.56 Å². The van der Waals surface area contributed by atoms with E-state index >= 15 is 0 Å². The van der Waals surface area contributed by atoms with Crippen molar-refractivity contribution in [2.45, 2.75) is 6.54 Å². The maximum absolute atomic E-state index is 13.1. The van der Waals surface area contributed by atoms with E-state index in [0.717, 1.165) is 5.56 Å². The number of hydrogen-bond acceptors (Lipinski definition) is 4. The number of aromatic hydroxyl groups is 1.